The Morgan fingerprint density at radius 1 is 1.00 bits per heavy atom. The van der Waals surface area contributed by atoms with E-state index in [1.54, 1.807) is 0 Å². The standard InChI is InChI=1S/C11H20/c1-8(2)9(3)10(4)11(5,6)7/h1H2,2-7H3/b10-9+. The molecule has 0 aliphatic carbocycles. The first-order chi connectivity index (χ1) is 4.76. The van der Waals surface area contributed by atoms with Crippen molar-refractivity contribution in [1.29, 1.82) is 0 Å². The number of rotatable bonds is 1. The second-order valence-electron chi connectivity index (χ2n) is 4.28. The van der Waals surface area contributed by atoms with Gasteiger partial charge in [0.25, 0.3) is 0 Å². The molecule has 0 aromatic rings. The Morgan fingerprint density at radius 2 is 1.36 bits per heavy atom. The Labute approximate surface area is 71.0 Å². The summed E-state index contributed by atoms with van der Waals surface area (Å²) in [5, 5.41) is 0. The third-order valence-electron chi connectivity index (χ3n) is 2.33. The summed E-state index contributed by atoms with van der Waals surface area (Å²) in [6.45, 7) is 17.0. The Kier molecular flexibility index (Phi) is 3.10. The van der Waals surface area contributed by atoms with Crippen molar-refractivity contribution in [3.63, 3.8) is 0 Å². The predicted octanol–water partition coefficient (Wildman–Crippen LogP) is 3.95. The first kappa shape index (κ1) is 10.5. The van der Waals surface area contributed by atoms with Gasteiger partial charge in [-0.15, -0.1) is 0 Å². The topological polar surface area (TPSA) is 0 Å². The molecule has 0 rings (SSSR count). The van der Waals surface area contributed by atoms with Gasteiger partial charge in [-0.3, -0.25) is 0 Å². The van der Waals surface area contributed by atoms with E-state index in [9.17, 15) is 0 Å². The third-order valence-corrected chi connectivity index (χ3v) is 2.33. The fourth-order valence-corrected chi connectivity index (χ4v) is 0.883. The smallest absolute Gasteiger partial charge is 0.0170 e. The monoisotopic (exact) mass is 152 g/mol. The lowest BCUT2D eigenvalue weighted by Crippen LogP contribution is -2.08. The molecule has 0 nitrogen and oxygen atoms in total. The minimum atomic E-state index is 0.281. The molecule has 0 aliphatic rings. The molecule has 0 fully saturated rings. The van der Waals surface area contributed by atoms with E-state index < -0.39 is 0 Å². The van der Waals surface area contributed by atoms with E-state index in [1.165, 1.54) is 16.7 Å². The van der Waals surface area contributed by atoms with Gasteiger partial charge in [-0.1, -0.05) is 38.5 Å². The fourth-order valence-electron chi connectivity index (χ4n) is 0.883. The Balaban J connectivity index is 4.82. The van der Waals surface area contributed by atoms with Crippen molar-refractivity contribution in [2.24, 2.45) is 5.41 Å². The first-order valence-corrected chi connectivity index (χ1v) is 4.10. The number of allylic oxidation sites excluding steroid dienone is 3. The van der Waals surface area contributed by atoms with Gasteiger partial charge in [-0.25, -0.2) is 0 Å². The average Bonchev–Trinajstić information content (AvgIpc) is 1.82. The Bertz CT molecular complexity index is 187. The highest BCUT2D eigenvalue weighted by Gasteiger charge is 2.14. The summed E-state index contributed by atoms with van der Waals surface area (Å²) in [6, 6.07) is 0. The van der Waals surface area contributed by atoms with Gasteiger partial charge in [0.05, 0.1) is 0 Å². The molecule has 64 valence electrons. The van der Waals surface area contributed by atoms with Crippen LogP contribution in [-0.4, -0.2) is 0 Å². The Hall–Kier alpha value is -0.520. The van der Waals surface area contributed by atoms with Crippen LogP contribution >= 0.6 is 0 Å². The summed E-state index contributed by atoms with van der Waals surface area (Å²) < 4.78 is 0. The van der Waals surface area contributed by atoms with Gasteiger partial charge in [0.2, 0.25) is 0 Å². The van der Waals surface area contributed by atoms with E-state index in [2.05, 4.69) is 48.1 Å². The molecule has 0 unspecified atom stereocenters. The minimum absolute atomic E-state index is 0.281. The normalized spacial score (nSPS) is 14.4. The van der Waals surface area contributed by atoms with Crippen LogP contribution in [0.15, 0.2) is 23.3 Å². The van der Waals surface area contributed by atoms with Crippen molar-refractivity contribution in [2.45, 2.75) is 41.5 Å². The quantitative estimate of drug-likeness (QED) is 0.499. The molecule has 0 aliphatic heterocycles. The van der Waals surface area contributed by atoms with Crippen LogP contribution in [0.2, 0.25) is 0 Å². The SMILES string of the molecule is C=C(C)/C(C)=C(\C)C(C)(C)C. The van der Waals surface area contributed by atoms with Crippen LogP contribution in [0.3, 0.4) is 0 Å². The third kappa shape index (κ3) is 2.92. The largest absolute Gasteiger partial charge is 0.0959 e. The van der Waals surface area contributed by atoms with Crippen molar-refractivity contribution in [3.05, 3.63) is 23.3 Å². The molecule has 0 amide bonds. The van der Waals surface area contributed by atoms with E-state index in [0.29, 0.717) is 0 Å². The maximum atomic E-state index is 3.93. The summed E-state index contributed by atoms with van der Waals surface area (Å²) in [5.74, 6) is 0. The van der Waals surface area contributed by atoms with Gasteiger partial charge in [0, 0.05) is 0 Å². The van der Waals surface area contributed by atoms with E-state index >= 15 is 0 Å². The summed E-state index contributed by atoms with van der Waals surface area (Å²) in [7, 11) is 0. The number of hydrogen-bond acceptors (Lipinski definition) is 0. The van der Waals surface area contributed by atoms with Crippen LogP contribution in [0.25, 0.3) is 0 Å². The summed E-state index contributed by atoms with van der Waals surface area (Å²) in [5.41, 5.74) is 4.24. The zero-order valence-corrected chi connectivity index (χ0v) is 8.71. The van der Waals surface area contributed by atoms with Crippen molar-refractivity contribution in [2.75, 3.05) is 0 Å². The molecule has 0 atom stereocenters. The lowest BCUT2D eigenvalue weighted by molar-refractivity contribution is 0.499. The van der Waals surface area contributed by atoms with Crippen molar-refractivity contribution < 1.29 is 0 Å². The van der Waals surface area contributed by atoms with E-state index in [0.717, 1.165) is 0 Å². The molecule has 0 aromatic carbocycles. The Morgan fingerprint density at radius 3 is 1.45 bits per heavy atom. The molecule has 0 saturated heterocycles. The van der Waals surface area contributed by atoms with Crippen LogP contribution < -0.4 is 0 Å². The summed E-state index contributed by atoms with van der Waals surface area (Å²) >= 11 is 0. The van der Waals surface area contributed by atoms with Gasteiger partial charge < -0.3 is 0 Å². The van der Waals surface area contributed by atoms with Crippen LogP contribution in [0, 0.1) is 5.41 Å². The highest BCUT2D eigenvalue weighted by molar-refractivity contribution is 5.31. The minimum Gasteiger partial charge on any atom is -0.0959 e. The zero-order valence-electron chi connectivity index (χ0n) is 8.71. The van der Waals surface area contributed by atoms with Gasteiger partial charge in [-0.05, 0) is 31.8 Å². The number of hydrogen-bond donors (Lipinski definition) is 0. The average molecular weight is 152 g/mol. The van der Waals surface area contributed by atoms with Crippen molar-refractivity contribution >= 4 is 0 Å². The molecule has 0 N–H and O–H groups in total. The second-order valence-corrected chi connectivity index (χ2v) is 4.28. The molecule has 0 saturated carbocycles. The van der Waals surface area contributed by atoms with Crippen molar-refractivity contribution in [1.82, 2.24) is 0 Å². The van der Waals surface area contributed by atoms with Gasteiger partial charge in [-0.2, -0.15) is 0 Å². The predicted molar refractivity (Wildman–Crippen MR) is 52.6 cm³/mol. The van der Waals surface area contributed by atoms with E-state index in [1.807, 2.05) is 0 Å². The molecule has 0 bridgehead atoms. The second kappa shape index (κ2) is 3.25. The van der Waals surface area contributed by atoms with Gasteiger partial charge in [0.15, 0.2) is 0 Å². The maximum Gasteiger partial charge on any atom is -0.0170 e. The van der Waals surface area contributed by atoms with E-state index in [-0.39, 0.29) is 5.41 Å². The summed E-state index contributed by atoms with van der Waals surface area (Å²) in [6.07, 6.45) is 0. The van der Waals surface area contributed by atoms with Crippen LogP contribution in [0.5, 0.6) is 0 Å². The highest BCUT2D eigenvalue weighted by Crippen LogP contribution is 2.29. The summed E-state index contributed by atoms with van der Waals surface area (Å²) in [4.78, 5) is 0. The van der Waals surface area contributed by atoms with Crippen molar-refractivity contribution in [3.8, 4) is 0 Å². The van der Waals surface area contributed by atoms with Crippen LogP contribution in [-0.2, 0) is 0 Å². The zero-order chi connectivity index (χ0) is 9.23. The molecular weight excluding hydrogens is 132 g/mol. The fraction of sp³-hybridized carbons (Fsp3) is 0.636. The maximum absolute atomic E-state index is 3.93. The molecule has 0 heterocycles. The molecule has 11 heavy (non-hydrogen) atoms. The van der Waals surface area contributed by atoms with Gasteiger partial charge in [0.1, 0.15) is 0 Å². The molecule has 0 heteroatoms. The van der Waals surface area contributed by atoms with E-state index in [4.69, 9.17) is 0 Å². The van der Waals surface area contributed by atoms with Gasteiger partial charge >= 0.3 is 0 Å². The molecule has 0 aromatic heterocycles. The van der Waals surface area contributed by atoms with Crippen LogP contribution in [0.4, 0.5) is 0 Å². The van der Waals surface area contributed by atoms with Crippen LogP contribution in [0.1, 0.15) is 41.5 Å². The molecular formula is C11H20. The first-order valence-electron chi connectivity index (χ1n) is 4.10. The lowest BCUT2D eigenvalue weighted by atomic mass is 9.83. The molecule has 0 spiro atoms. The highest BCUT2D eigenvalue weighted by atomic mass is 14.2. The lowest BCUT2D eigenvalue weighted by Gasteiger charge is -2.22. The molecule has 0 radical (unpaired) electrons.